The van der Waals surface area contributed by atoms with Crippen molar-refractivity contribution in [3.63, 3.8) is 0 Å². The summed E-state index contributed by atoms with van der Waals surface area (Å²) in [5, 5.41) is 0. The lowest BCUT2D eigenvalue weighted by Gasteiger charge is -2.33. The van der Waals surface area contributed by atoms with Crippen molar-refractivity contribution < 1.29 is 26.3 Å². The van der Waals surface area contributed by atoms with Crippen LogP contribution < -0.4 is 0 Å². The number of hydrogen-bond donors (Lipinski definition) is 0. The van der Waals surface area contributed by atoms with Crippen molar-refractivity contribution in [3.8, 4) is 0 Å². The largest absolute Gasteiger partial charge is 0.392 e. The van der Waals surface area contributed by atoms with Gasteiger partial charge in [0.25, 0.3) is 0 Å². The Bertz CT molecular complexity index is 259. The minimum absolute atomic E-state index is 0.373. The van der Waals surface area contributed by atoms with Gasteiger partial charge in [-0.1, -0.05) is 11.6 Å². The number of allylic oxidation sites excluding steroid dienone is 2. The smallest absolute Gasteiger partial charge is 0.171 e. The lowest BCUT2D eigenvalue weighted by Crippen LogP contribution is -2.40. The fourth-order valence-electron chi connectivity index (χ4n) is 1.77. The van der Waals surface area contributed by atoms with Gasteiger partial charge in [0.15, 0.2) is 0 Å². The first kappa shape index (κ1) is 12.4. The number of rotatable bonds is 0. The average Bonchev–Trinajstić information content (AvgIpc) is 2.00. The fraction of sp³-hybridized carbons (Fsp3) is 0.778. The van der Waals surface area contributed by atoms with E-state index < -0.39 is 37.0 Å². The van der Waals surface area contributed by atoms with Gasteiger partial charge in [-0.05, 0) is 19.8 Å². The predicted octanol–water partition coefficient (Wildman–Crippen LogP) is 4.08. The van der Waals surface area contributed by atoms with E-state index in [-0.39, 0.29) is 0 Å². The zero-order valence-electron chi connectivity index (χ0n) is 7.91. The Balaban J connectivity index is 2.95. The maximum Gasteiger partial charge on any atom is 0.392 e. The molecule has 0 aromatic heterocycles. The molecule has 0 saturated heterocycles. The van der Waals surface area contributed by atoms with Crippen LogP contribution in [0.2, 0.25) is 0 Å². The third-order valence-electron chi connectivity index (χ3n) is 2.59. The molecule has 1 aliphatic rings. The number of halogens is 6. The highest BCUT2D eigenvalue weighted by atomic mass is 19.4. The summed E-state index contributed by atoms with van der Waals surface area (Å²) >= 11 is 0. The molecule has 0 N–H and O–H groups in total. The Morgan fingerprint density at radius 1 is 1.00 bits per heavy atom. The topological polar surface area (TPSA) is 0 Å². The molecule has 0 aromatic carbocycles. The van der Waals surface area contributed by atoms with Crippen molar-refractivity contribution >= 4 is 0 Å². The number of hydrogen-bond acceptors (Lipinski definition) is 0. The molecule has 1 rings (SSSR count). The molecule has 15 heavy (non-hydrogen) atoms. The molecule has 2 unspecified atom stereocenters. The van der Waals surface area contributed by atoms with E-state index in [0.717, 1.165) is 0 Å². The van der Waals surface area contributed by atoms with Gasteiger partial charge in [0.1, 0.15) is 0 Å². The van der Waals surface area contributed by atoms with E-state index in [2.05, 4.69) is 0 Å². The molecule has 0 heterocycles. The minimum Gasteiger partial charge on any atom is -0.171 e. The van der Waals surface area contributed by atoms with E-state index in [1.165, 1.54) is 13.0 Å². The molecule has 6 heteroatoms. The maximum atomic E-state index is 12.4. The van der Waals surface area contributed by atoms with Gasteiger partial charge in [-0.3, -0.25) is 0 Å². The monoisotopic (exact) mass is 232 g/mol. The number of alkyl halides is 6. The normalized spacial score (nSPS) is 28.9. The van der Waals surface area contributed by atoms with Gasteiger partial charge < -0.3 is 0 Å². The van der Waals surface area contributed by atoms with Crippen LogP contribution in [0.15, 0.2) is 11.6 Å². The van der Waals surface area contributed by atoms with Crippen molar-refractivity contribution in [1.82, 2.24) is 0 Å². The second-order valence-electron chi connectivity index (χ2n) is 3.79. The molecule has 0 fully saturated rings. The highest BCUT2D eigenvalue weighted by Gasteiger charge is 2.55. The zero-order valence-corrected chi connectivity index (χ0v) is 7.91. The highest BCUT2D eigenvalue weighted by molar-refractivity contribution is 5.08. The van der Waals surface area contributed by atoms with Crippen LogP contribution in [0.1, 0.15) is 19.8 Å². The van der Waals surface area contributed by atoms with Gasteiger partial charge in [-0.25, -0.2) is 0 Å². The maximum absolute atomic E-state index is 12.4. The van der Waals surface area contributed by atoms with Crippen molar-refractivity contribution in [2.45, 2.75) is 32.1 Å². The molecular weight excluding hydrogens is 222 g/mol. The fourth-order valence-corrected chi connectivity index (χ4v) is 1.77. The molecule has 1 aliphatic carbocycles. The van der Waals surface area contributed by atoms with Crippen molar-refractivity contribution in [2.24, 2.45) is 11.8 Å². The van der Waals surface area contributed by atoms with Crippen molar-refractivity contribution in [2.75, 3.05) is 0 Å². The van der Waals surface area contributed by atoms with Gasteiger partial charge in [0.2, 0.25) is 0 Å². The first-order valence-corrected chi connectivity index (χ1v) is 4.41. The molecule has 2 atom stereocenters. The SMILES string of the molecule is CC1=CCC(C(F)(F)F)C(C(F)(F)F)C1. The molecule has 0 nitrogen and oxygen atoms in total. The third-order valence-corrected chi connectivity index (χ3v) is 2.59. The lowest BCUT2D eigenvalue weighted by molar-refractivity contribution is -0.254. The Labute approximate surface area is 83.0 Å². The molecule has 0 radical (unpaired) electrons. The molecule has 88 valence electrons. The minimum atomic E-state index is -4.78. The molecular formula is C9H10F6. The van der Waals surface area contributed by atoms with E-state index in [9.17, 15) is 26.3 Å². The van der Waals surface area contributed by atoms with Gasteiger partial charge in [-0.15, -0.1) is 0 Å². The van der Waals surface area contributed by atoms with E-state index in [4.69, 9.17) is 0 Å². The summed E-state index contributed by atoms with van der Waals surface area (Å²) in [6.07, 6.45) is -9.44. The lowest BCUT2D eigenvalue weighted by atomic mass is 9.79. The summed E-state index contributed by atoms with van der Waals surface area (Å²) in [7, 11) is 0. The van der Waals surface area contributed by atoms with Crippen molar-refractivity contribution in [3.05, 3.63) is 11.6 Å². The summed E-state index contributed by atoms with van der Waals surface area (Å²) in [4.78, 5) is 0. The quantitative estimate of drug-likeness (QED) is 0.436. The van der Waals surface area contributed by atoms with Crippen LogP contribution in [-0.2, 0) is 0 Å². The summed E-state index contributed by atoms with van der Waals surface area (Å²) in [5.41, 5.74) is 0.373. The van der Waals surface area contributed by atoms with Crippen LogP contribution in [0.3, 0.4) is 0 Å². The average molecular weight is 232 g/mol. The molecule has 0 spiro atoms. The van der Waals surface area contributed by atoms with Crippen LogP contribution in [-0.4, -0.2) is 12.4 Å². The molecule has 0 aromatic rings. The van der Waals surface area contributed by atoms with Gasteiger partial charge in [0, 0.05) is 0 Å². The van der Waals surface area contributed by atoms with E-state index >= 15 is 0 Å². The molecule has 0 saturated carbocycles. The summed E-state index contributed by atoms with van der Waals surface area (Å²) in [6.45, 7) is 1.42. The van der Waals surface area contributed by atoms with E-state index in [0.29, 0.717) is 5.57 Å². The van der Waals surface area contributed by atoms with Crippen LogP contribution in [0.25, 0.3) is 0 Å². The predicted molar refractivity (Wildman–Crippen MR) is 42.1 cm³/mol. The summed E-state index contributed by atoms with van der Waals surface area (Å²) in [6, 6.07) is 0. The Morgan fingerprint density at radius 3 is 1.87 bits per heavy atom. The summed E-state index contributed by atoms with van der Waals surface area (Å²) in [5.74, 6) is -4.58. The van der Waals surface area contributed by atoms with Gasteiger partial charge in [-0.2, -0.15) is 26.3 Å². The third kappa shape index (κ3) is 2.89. The van der Waals surface area contributed by atoms with Gasteiger partial charge in [0.05, 0.1) is 11.8 Å². The molecule has 0 aliphatic heterocycles. The zero-order chi connectivity index (χ0) is 11.9. The second kappa shape index (κ2) is 3.72. The Kier molecular flexibility index (Phi) is 3.07. The second-order valence-corrected chi connectivity index (χ2v) is 3.79. The van der Waals surface area contributed by atoms with Crippen LogP contribution in [0.5, 0.6) is 0 Å². The first-order chi connectivity index (χ1) is 6.62. The molecule has 0 amide bonds. The van der Waals surface area contributed by atoms with E-state index in [1.807, 2.05) is 0 Å². The van der Waals surface area contributed by atoms with Gasteiger partial charge >= 0.3 is 12.4 Å². The standard InChI is InChI=1S/C9H10F6/c1-5-2-3-6(8(10,11)12)7(4-5)9(13,14)15/h2,6-7H,3-4H2,1H3. The van der Waals surface area contributed by atoms with Crippen molar-refractivity contribution in [1.29, 1.82) is 0 Å². The van der Waals surface area contributed by atoms with E-state index in [1.54, 1.807) is 0 Å². The summed E-state index contributed by atoms with van der Waals surface area (Å²) < 4.78 is 74.1. The first-order valence-electron chi connectivity index (χ1n) is 4.41. The highest BCUT2D eigenvalue weighted by Crippen LogP contribution is 2.47. The Morgan fingerprint density at radius 2 is 1.47 bits per heavy atom. The molecule has 0 bridgehead atoms. The van der Waals surface area contributed by atoms with Crippen LogP contribution in [0.4, 0.5) is 26.3 Å². The Hall–Kier alpha value is -0.680. The van der Waals surface area contributed by atoms with Crippen LogP contribution in [0, 0.1) is 11.8 Å². The van der Waals surface area contributed by atoms with Crippen LogP contribution >= 0.6 is 0 Å².